The summed E-state index contributed by atoms with van der Waals surface area (Å²) in [4.78, 5) is 4.32. The van der Waals surface area contributed by atoms with Crippen LogP contribution in [-0.2, 0) is 0 Å². The van der Waals surface area contributed by atoms with Gasteiger partial charge in [-0.3, -0.25) is 4.98 Å². The van der Waals surface area contributed by atoms with Gasteiger partial charge >= 0.3 is 0 Å². The predicted molar refractivity (Wildman–Crippen MR) is 114 cm³/mol. The molecule has 0 amide bonds. The highest BCUT2D eigenvalue weighted by Gasteiger charge is 2.10. The number of pyridine rings is 1. The van der Waals surface area contributed by atoms with Gasteiger partial charge in [0.2, 0.25) is 0 Å². The molecule has 0 saturated heterocycles. The van der Waals surface area contributed by atoms with Crippen molar-refractivity contribution < 1.29 is 9.47 Å². The number of para-hydroxylation sites is 2. The molecule has 0 atom stereocenters. The minimum atomic E-state index is 0.474. The van der Waals surface area contributed by atoms with E-state index in [1.165, 1.54) is 0 Å². The first-order valence-corrected chi connectivity index (χ1v) is 9.22. The third-order valence-corrected chi connectivity index (χ3v) is 4.66. The van der Waals surface area contributed by atoms with Gasteiger partial charge in [-0.2, -0.15) is 5.26 Å². The standard InChI is InChI=1S/C23H16ClN3O2/c1-28-21-4-2-3-5-22(21)29-17-9-7-16(8-10-17)27-23-18-12-15(13-25)6-11-20(18)26-14-19(23)24/h2-12,14H,1H3,(H,26,27). The van der Waals surface area contributed by atoms with E-state index >= 15 is 0 Å². The Morgan fingerprint density at radius 3 is 2.48 bits per heavy atom. The molecule has 0 unspecified atom stereocenters. The fraction of sp³-hybridized carbons (Fsp3) is 0.0435. The van der Waals surface area contributed by atoms with E-state index in [2.05, 4.69) is 16.4 Å². The van der Waals surface area contributed by atoms with Gasteiger partial charge in [-0.15, -0.1) is 0 Å². The van der Waals surface area contributed by atoms with Gasteiger partial charge in [0.05, 0.1) is 35.0 Å². The zero-order chi connectivity index (χ0) is 20.2. The van der Waals surface area contributed by atoms with Gasteiger partial charge in [-0.1, -0.05) is 23.7 Å². The van der Waals surface area contributed by atoms with Crippen molar-refractivity contribution in [2.45, 2.75) is 0 Å². The largest absolute Gasteiger partial charge is 0.493 e. The normalized spacial score (nSPS) is 10.4. The number of halogens is 1. The fourth-order valence-corrected chi connectivity index (χ4v) is 3.14. The van der Waals surface area contributed by atoms with Crippen LogP contribution in [0.2, 0.25) is 5.02 Å². The minimum absolute atomic E-state index is 0.474. The number of nitrogens with zero attached hydrogens (tertiary/aromatic N) is 2. The average Bonchev–Trinajstić information content (AvgIpc) is 2.77. The molecule has 0 aliphatic rings. The van der Waals surface area contributed by atoms with E-state index in [1.807, 2.05) is 48.5 Å². The van der Waals surface area contributed by atoms with Crippen molar-refractivity contribution in [3.8, 4) is 23.3 Å². The molecule has 0 spiro atoms. The second kappa shape index (κ2) is 8.09. The number of benzene rings is 3. The third-order valence-electron chi connectivity index (χ3n) is 4.37. The summed E-state index contributed by atoms with van der Waals surface area (Å²) in [7, 11) is 1.61. The van der Waals surface area contributed by atoms with Gasteiger partial charge in [0.1, 0.15) is 5.75 Å². The van der Waals surface area contributed by atoms with Gasteiger partial charge in [0.25, 0.3) is 0 Å². The molecule has 4 aromatic rings. The Kier molecular flexibility index (Phi) is 5.19. The second-order valence-corrected chi connectivity index (χ2v) is 6.63. The molecule has 1 N–H and O–H groups in total. The summed E-state index contributed by atoms with van der Waals surface area (Å²) in [5.74, 6) is 1.98. The number of hydrogen-bond acceptors (Lipinski definition) is 5. The minimum Gasteiger partial charge on any atom is -0.493 e. The zero-order valence-corrected chi connectivity index (χ0v) is 16.3. The Balaban J connectivity index is 1.61. The SMILES string of the molecule is COc1ccccc1Oc1ccc(Nc2c(Cl)cnc3ccc(C#N)cc23)cc1. The van der Waals surface area contributed by atoms with E-state index in [9.17, 15) is 5.26 Å². The van der Waals surface area contributed by atoms with Crippen molar-refractivity contribution in [1.82, 2.24) is 4.98 Å². The van der Waals surface area contributed by atoms with Crippen LogP contribution in [-0.4, -0.2) is 12.1 Å². The van der Waals surface area contributed by atoms with Crippen molar-refractivity contribution in [3.05, 3.63) is 83.5 Å². The highest BCUT2D eigenvalue weighted by molar-refractivity contribution is 6.34. The molecule has 0 aliphatic heterocycles. The number of nitriles is 1. The lowest BCUT2D eigenvalue weighted by Gasteiger charge is -2.13. The quantitative estimate of drug-likeness (QED) is 0.424. The molecule has 0 bridgehead atoms. The number of anilines is 2. The Hall–Kier alpha value is -3.75. The number of methoxy groups -OCH3 is 1. The zero-order valence-electron chi connectivity index (χ0n) is 15.5. The lowest BCUT2D eigenvalue weighted by atomic mass is 10.1. The van der Waals surface area contributed by atoms with E-state index in [-0.39, 0.29) is 0 Å². The highest BCUT2D eigenvalue weighted by atomic mass is 35.5. The van der Waals surface area contributed by atoms with Gasteiger partial charge in [-0.05, 0) is 54.6 Å². The fourth-order valence-electron chi connectivity index (χ4n) is 2.95. The Bertz CT molecular complexity index is 1220. The molecule has 6 heteroatoms. The Labute approximate surface area is 173 Å². The highest BCUT2D eigenvalue weighted by Crippen LogP contribution is 2.34. The van der Waals surface area contributed by atoms with Crippen LogP contribution < -0.4 is 14.8 Å². The van der Waals surface area contributed by atoms with Crippen LogP contribution in [0.3, 0.4) is 0 Å². The second-order valence-electron chi connectivity index (χ2n) is 6.23. The van der Waals surface area contributed by atoms with Gasteiger partial charge in [0.15, 0.2) is 11.5 Å². The monoisotopic (exact) mass is 401 g/mol. The van der Waals surface area contributed by atoms with Crippen molar-refractivity contribution in [2.75, 3.05) is 12.4 Å². The molecular weight excluding hydrogens is 386 g/mol. The maximum atomic E-state index is 9.19. The first-order chi connectivity index (χ1) is 14.2. The van der Waals surface area contributed by atoms with Crippen molar-refractivity contribution in [3.63, 3.8) is 0 Å². The van der Waals surface area contributed by atoms with Crippen LogP contribution in [0.4, 0.5) is 11.4 Å². The summed E-state index contributed by atoms with van der Waals surface area (Å²) < 4.78 is 11.2. The molecule has 0 radical (unpaired) electrons. The van der Waals surface area contributed by atoms with E-state index in [4.69, 9.17) is 21.1 Å². The number of ether oxygens (including phenoxy) is 2. The molecule has 0 aliphatic carbocycles. The van der Waals surface area contributed by atoms with Crippen LogP contribution in [0.1, 0.15) is 5.56 Å². The number of nitrogens with one attached hydrogen (secondary N) is 1. The Morgan fingerprint density at radius 2 is 1.76 bits per heavy atom. The summed E-state index contributed by atoms with van der Waals surface area (Å²) in [5, 5.41) is 13.8. The van der Waals surface area contributed by atoms with Crippen molar-refractivity contribution in [1.29, 1.82) is 5.26 Å². The van der Waals surface area contributed by atoms with E-state index in [0.29, 0.717) is 33.5 Å². The first kappa shape index (κ1) is 18.6. The van der Waals surface area contributed by atoms with Crippen molar-refractivity contribution in [2.24, 2.45) is 0 Å². The van der Waals surface area contributed by atoms with Gasteiger partial charge < -0.3 is 14.8 Å². The maximum absolute atomic E-state index is 9.19. The van der Waals surface area contributed by atoms with E-state index < -0.39 is 0 Å². The van der Waals surface area contributed by atoms with Crippen LogP contribution >= 0.6 is 11.6 Å². The lowest BCUT2D eigenvalue weighted by Crippen LogP contribution is -1.95. The molecule has 4 rings (SSSR count). The number of fused-ring (bicyclic) bond motifs is 1. The molecule has 5 nitrogen and oxygen atoms in total. The van der Waals surface area contributed by atoms with Crippen LogP contribution in [0.5, 0.6) is 17.2 Å². The van der Waals surface area contributed by atoms with Crippen molar-refractivity contribution >= 4 is 33.9 Å². The van der Waals surface area contributed by atoms with Crippen LogP contribution in [0.25, 0.3) is 10.9 Å². The summed E-state index contributed by atoms with van der Waals surface area (Å²) in [6.45, 7) is 0. The molecule has 1 aromatic heterocycles. The number of hydrogen-bond donors (Lipinski definition) is 1. The van der Waals surface area contributed by atoms with Crippen LogP contribution in [0, 0.1) is 11.3 Å². The summed E-state index contributed by atoms with van der Waals surface area (Å²) in [6, 6.07) is 22.4. The summed E-state index contributed by atoms with van der Waals surface area (Å²) >= 11 is 6.37. The molecule has 142 valence electrons. The number of aromatic nitrogens is 1. The first-order valence-electron chi connectivity index (χ1n) is 8.84. The molecule has 0 saturated carbocycles. The van der Waals surface area contributed by atoms with E-state index in [0.717, 1.165) is 16.6 Å². The Morgan fingerprint density at radius 1 is 1.00 bits per heavy atom. The molecular formula is C23H16ClN3O2. The number of rotatable bonds is 5. The van der Waals surface area contributed by atoms with Gasteiger partial charge in [-0.25, -0.2) is 0 Å². The predicted octanol–water partition coefficient (Wildman–Crippen LogP) is 6.30. The van der Waals surface area contributed by atoms with Gasteiger partial charge in [0, 0.05) is 17.3 Å². The molecule has 29 heavy (non-hydrogen) atoms. The van der Waals surface area contributed by atoms with E-state index in [1.54, 1.807) is 31.5 Å². The lowest BCUT2D eigenvalue weighted by molar-refractivity contribution is 0.379. The maximum Gasteiger partial charge on any atom is 0.169 e. The molecule has 3 aromatic carbocycles. The molecule has 0 fully saturated rings. The summed E-state index contributed by atoms with van der Waals surface area (Å²) in [6.07, 6.45) is 1.59. The van der Waals surface area contributed by atoms with Crippen LogP contribution in [0.15, 0.2) is 72.9 Å². The molecule has 1 heterocycles. The smallest absolute Gasteiger partial charge is 0.169 e. The topological polar surface area (TPSA) is 67.2 Å². The average molecular weight is 402 g/mol. The third kappa shape index (κ3) is 3.93. The summed E-state index contributed by atoms with van der Waals surface area (Å²) in [5.41, 5.74) is 2.83.